The zero-order chi connectivity index (χ0) is 19.4. The zero-order valence-electron chi connectivity index (χ0n) is 15.2. The van der Waals surface area contributed by atoms with Crippen molar-refractivity contribution in [3.8, 4) is 11.8 Å². The minimum Gasteiger partial charge on any atom is -0.395 e. The van der Waals surface area contributed by atoms with E-state index in [0.29, 0.717) is 5.11 Å². The Kier molecular flexibility index (Phi) is 6.43. The molecule has 1 aliphatic rings. The van der Waals surface area contributed by atoms with Crippen LogP contribution in [0, 0.1) is 23.1 Å². The Morgan fingerprint density at radius 3 is 2.78 bits per heavy atom. The van der Waals surface area contributed by atoms with Crippen LogP contribution in [0.1, 0.15) is 29.0 Å². The summed E-state index contributed by atoms with van der Waals surface area (Å²) < 4.78 is 13.1. The fourth-order valence-corrected chi connectivity index (χ4v) is 5.21. The number of hydrogen-bond acceptors (Lipinski definition) is 4. The van der Waals surface area contributed by atoms with Crippen molar-refractivity contribution in [2.45, 2.75) is 19.2 Å². The molecule has 1 aromatic carbocycles. The number of rotatable bonds is 3. The summed E-state index contributed by atoms with van der Waals surface area (Å²) in [6.07, 6.45) is 0. The molecule has 27 heavy (non-hydrogen) atoms. The van der Waals surface area contributed by atoms with Crippen LogP contribution in [0.2, 0.25) is 0 Å². The van der Waals surface area contributed by atoms with Gasteiger partial charge in [0.1, 0.15) is 11.2 Å². The molecule has 0 saturated carbocycles. The first-order valence-electron chi connectivity index (χ1n) is 8.56. The van der Waals surface area contributed by atoms with E-state index in [0.717, 1.165) is 22.9 Å². The van der Waals surface area contributed by atoms with Crippen LogP contribution in [-0.2, 0) is 0 Å². The summed E-state index contributed by atoms with van der Waals surface area (Å²) in [6.45, 7) is 4.73. The highest BCUT2D eigenvalue weighted by atomic mass is 32.2. The Morgan fingerprint density at radius 2 is 2.07 bits per heavy atom. The van der Waals surface area contributed by atoms with Gasteiger partial charge in [-0.05, 0) is 62.5 Å². The number of aliphatic hydroxyl groups excluding tert-OH is 1. The second-order valence-electron chi connectivity index (χ2n) is 6.85. The number of thiocarbonyl (C=S) groups is 1. The number of anilines is 1. The quantitative estimate of drug-likeness (QED) is 0.556. The first-order chi connectivity index (χ1) is 12.9. The molecule has 0 bridgehead atoms. The third-order valence-electron chi connectivity index (χ3n) is 4.04. The standard InChI is InChI=1S/C20H21FN2OS3/c1-20(2,13-24)10-9-16-7-8-17(27-16)18-23(11-12-26-18)19(25)22-15-5-3-14(21)4-6-15/h3-8,18,24H,11-13H2,1-2H3,(H,22,25). The van der Waals surface area contributed by atoms with Gasteiger partial charge < -0.3 is 15.3 Å². The van der Waals surface area contributed by atoms with Crippen LogP contribution in [0.25, 0.3) is 0 Å². The van der Waals surface area contributed by atoms with Crippen molar-refractivity contribution in [2.75, 3.05) is 24.2 Å². The molecule has 2 N–H and O–H groups in total. The minimum absolute atomic E-state index is 0.0355. The Balaban J connectivity index is 1.71. The van der Waals surface area contributed by atoms with Crippen LogP contribution in [0.4, 0.5) is 10.1 Å². The first-order valence-corrected chi connectivity index (χ1v) is 10.8. The third-order valence-corrected chi connectivity index (χ3v) is 6.82. The molecule has 0 spiro atoms. The number of thioether (sulfide) groups is 1. The van der Waals surface area contributed by atoms with Crippen molar-refractivity contribution in [2.24, 2.45) is 5.41 Å². The molecule has 1 fully saturated rings. The third kappa shape index (κ3) is 5.23. The van der Waals surface area contributed by atoms with Crippen molar-refractivity contribution in [3.63, 3.8) is 0 Å². The maximum Gasteiger partial charge on any atom is 0.174 e. The lowest BCUT2D eigenvalue weighted by molar-refractivity contribution is 0.207. The molecule has 1 atom stereocenters. The van der Waals surface area contributed by atoms with E-state index >= 15 is 0 Å². The number of hydrogen-bond donors (Lipinski definition) is 2. The molecular formula is C20H21FN2OS3. The Hall–Kier alpha value is -1.59. The topological polar surface area (TPSA) is 35.5 Å². The molecule has 0 radical (unpaired) electrons. The van der Waals surface area contributed by atoms with Crippen molar-refractivity contribution < 1.29 is 9.50 Å². The summed E-state index contributed by atoms with van der Waals surface area (Å²) in [5.41, 5.74) is 0.375. The van der Waals surface area contributed by atoms with E-state index < -0.39 is 5.41 Å². The molecule has 142 valence electrons. The maximum absolute atomic E-state index is 13.1. The number of nitrogens with zero attached hydrogens (tertiary/aromatic N) is 1. The van der Waals surface area contributed by atoms with E-state index in [4.69, 9.17) is 12.2 Å². The average molecular weight is 421 g/mol. The predicted molar refractivity (Wildman–Crippen MR) is 117 cm³/mol. The average Bonchev–Trinajstić information content (AvgIpc) is 3.31. The van der Waals surface area contributed by atoms with Gasteiger partial charge in [0, 0.05) is 28.3 Å². The summed E-state index contributed by atoms with van der Waals surface area (Å²) in [6, 6.07) is 10.3. The predicted octanol–water partition coefficient (Wildman–Crippen LogP) is 4.70. The van der Waals surface area contributed by atoms with Crippen molar-refractivity contribution in [3.05, 3.63) is 52.0 Å². The molecular weight excluding hydrogens is 399 g/mol. The molecule has 2 heterocycles. The second-order valence-corrected chi connectivity index (χ2v) is 9.54. The van der Waals surface area contributed by atoms with E-state index in [-0.39, 0.29) is 17.8 Å². The summed E-state index contributed by atoms with van der Waals surface area (Å²) in [5.74, 6) is 7.01. The summed E-state index contributed by atoms with van der Waals surface area (Å²) in [7, 11) is 0. The van der Waals surface area contributed by atoms with Crippen LogP contribution >= 0.6 is 35.3 Å². The molecule has 7 heteroatoms. The fraction of sp³-hybridized carbons (Fsp3) is 0.350. The summed E-state index contributed by atoms with van der Waals surface area (Å²) >= 11 is 9.09. The smallest absolute Gasteiger partial charge is 0.174 e. The van der Waals surface area contributed by atoms with Gasteiger partial charge in [-0.25, -0.2) is 4.39 Å². The number of aliphatic hydroxyl groups is 1. The van der Waals surface area contributed by atoms with Gasteiger partial charge in [0.15, 0.2) is 5.11 Å². The molecule has 2 aromatic rings. The SMILES string of the molecule is CC(C)(C#Cc1ccc(C2SCCN2C(=S)Nc2ccc(F)cc2)s1)CO. The van der Waals surface area contributed by atoms with Gasteiger partial charge >= 0.3 is 0 Å². The Labute approximate surface area is 173 Å². The molecule has 1 saturated heterocycles. The van der Waals surface area contributed by atoms with Crippen molar-refractivity contribution in [1.82, 2.24) is 4.90 Å². The van der Waals surface area contributed by atoms with Gasteiger partial charge in [0.25, 0.3) is 0 Å². The molecule has 3 nitrogen and oxygen atoms in total. The van der Waals surface area contributed by atoms with Gasteiger partial charge in [-0.3, -0.25) is 0 Å². The lowest BCUT2D eigenvalue weighted by Crippen LogP contribution is -2.33. The van der Waals surface area contributed by atoms with Gasteiger partial charge in [-0.2, -0.15) is 0 Å². The number of thiophene rings is 1. The highest BCUT2D eigenvalue weighted by Gasteiger charge is 2.29. The van der Waals surface area contributed by atoms with Crippen LogP contribution in [-0.4, -0.2) is 34.0 Å². The lowest BCUT2D eigenvalue weighted by atomic mass is 9.96. The monoisotopic (exact) mass is 420 g/mol. The highest BCUT2D eigenvalue weighted by molar-refractivity contribution is 7.99. The first kappa shape index (κ1) is 20.2. The molecule has 1 aromatic heterocycles. The molecule has 0 aliphatic carbocycles. The van der Waals surface area contributed by atoms with Gasteiger partial charge in [0.05, 0.1) is 11.5 Å². The number of halogens is 1. The van der Waals surface area contributed by atoms with E-state index in [9.17, 15) is 9.50 Å². The molecule has 1 aliphatic heterocycles. The van der Waals surface area contributed by atoms with E-state index in [2.05, 4.69) is 28.1 Å². The largest absolute Gasteiger partial charge is 0.395 e. The molecule has 0 amide bonds. The lowest BCUT2D eigenvalue weighted by Gasteiger charge is -2.26. The van der Waals surface area contributed by atoms with Crippen LogP contribution < -0.4 is 5.32 Å². The Morgan fingerprint density at radius 1 is 1.33 bits per heavy atom. The van der Waals surface area contributed by atoms with Gasteiger partial charge in [-0.15, -0.1) is 23.1 Å². The maximum atomic E-state index is 13.1. The van der Waals surface area contributed by atoms with Crippen LogP contribution in [0.3, 0.4) is 0 Å². The summed E-state index contributed by atoms with van der Waals surface area (Å²) in [4.78, 5) is 4.34. The number of nitrogens with one attached hydrogen (secondary N) is 1. The van der Waals surface area contributed by atoms with Crippen LogP contribution in [0.5, 0.6) is 0 Å². The summed E-state index contributed by atoms with van der Waals surface area (Å²) in [5, 5.41) is 13.3. The van der Waals surface area contributed by atoms with Gasteiger partial charge in [-0.1, -0.05) is 11.8 Å². The fourth-order valence-electron chi connectivity index (χ4n) is 2.47. The zero-order valence-corrected chi connectivity index (χ0v) is 17.6. The van der Waals surface area contributed by atoms with E-state index in [1.807, 2.05) is 31.7 Å². The molecule has 3 rings (SSSR count). The van der Waals surface area contributed by atoms with E-state index in [1.165, 1.54) is 17.0 Å². The highest BCUT2D eigenvalue weighted by Crippen LogP contribution is 2.41. The molecule has 1 unspecified atom stereocenters. The second kappa shape index (κ2) is 8.61. The van der Waals surface area contributed by atoms with Crippen LogP contribution in [0.15, 0.2) is 36.4 Å². The number of benzene rings is 1. The van der Waals surface area contributed by atoms with Gasteiger partial charge in [0.2, 0.25) is 0 Å². The van der Waals surface area contributed by atoms with Crippen molar-refractivity contribution >= 4 is 46.1 Å². The van der Waals surface area contributed by atoms with E-state index in [1.54, 1.807) is 23.5 Å². The minimum atomic E-state index is -0.404. The normalized spacial score (nSPS) is 16.7. The van der Waals surface area contributed by atoms with Crippen molar-refractivity contribution in [1.29, 1.82) is 0 Å². The Bertz CT molecular complexity index is 867.